The van der Waals surface area contributed by atoms with Crippen LogP contribution < -0.4 is 14.8 Å². The van der Waals surface area contributed by atoms with Gasteiger partial charge in [-0.05, 0) is 35.9 Å². The largest absolute Gasteiger partial charge is 0.485 e. The van der Waals surface area contributed by atoms with Gasteiger partial charge in [0, 0.05) is 0 Å². The van der Waals surface area contributed by atoms with Gasteiger partial charge in [0.15, 0.2) is 11.5 Å². The first-order valence-electron chi connectivity index (χ1n) is 9.05. The molecule has 0 radical (unpaired) electrons. The average molecular weight is 363 g/mol. The molecule has 0 saturated heterocycles. The molecule has 0 aliphatic rings. The number of aliphatic hydroxyl groups excluding tert-OH is 1. The SMILES string of the molecule is CN[C@@H](CO)c1ccc(OCc2ccccc2)c(OCc2ccccc2)c1. The number of aliphatic hydroxyl groups is 1. The Labute approximate surface area is 160 Å². The summed E-state index contributed by atoms with van der Waals surface area (Å²) in [5.74, 6) is 1.35. The highest BCUT2D eigenvalue weighted by atomic mass is 16.5. The molecule has 0 aromatic heterocycles. The normalized spacial score (nSPS) is 11.8. The Bertz CT molecular complexity index is 818. The predicted molar refractivity (Wildman–Crippen MR) is 107 cm³/mol. The van der Waals surface area contributed by atoms with Crippen molar-refractivity contribution in [1.29, 1.82) is 0 Å². The molecule has 3 rings (SSSR count). The van der Waals surface area contributed by atoms with Crippen LogP contribution in [0.2, 0.25) is 0 Å². The first-order valence-corrected chi connectivity index (χ1v) is 9.05. The van der Waals surface area contributed by atoms with Gasteiger partial charge in [0.2, 0.25) is 0 Å². The minimum atomic E-state index is -0.146. The number of hydrogen-bond acceptors (Lipinski definition) is 4. The van der Waals surface area contributed by atoms with Crippen molar-refractivity contribution in [2.75, 3.05) is 13.7 Å². The first-order chi connectivity index (χ1) is 13.3. The number of likely N-dealkylation sites (N-methyl/N-ethyl adjacent to an activating group) is 1. The molecule has 0 fully saturated rings. The van der Waals surface area contributed by atoms with Crippen molar-refractivity contribution in [1.82, 2.24) is 5.32 Å². The molecule has 27 heavy (non-hydrogen) atoms. The second kappa shape index (κ2) is 9.76. The van der Waals surface area contributed by atoms with Crippen molar-refractivity contribution in [2.24, 2.45) is 0 Å². The highest BCUT2D eigenvalue weighted by Crippen LogP contribution is 2.32. The Hall–Kier alpha value is -2.82. The third-order valence-electron chi connectivity index (χ3n) is 4.38. The van der Waals surface area contributed by atoms with E-state index in [4.69, 9.17) is 9.47 Å². The molecule has 140 valence electrons. The van der Waals surface area contributed by atoms with E-state index in [1.807, 2.05) is 85.9 Å². The molecule has 0 aliphatic heterocycles. The van der Waals surface area contributed by atoms with Gasteiger partial charge in [-0.3, -0.25) is 0 Å². The average Bonchev–Trinajstić information content (AvgIpc) is 2.74. The van der Waals surface area contributed by atoms with Gasteiger partial charge in [-0.15, -0.1) is 0 Å². The summed E-state index contributed by atoms with van der Waals surface area (Å²) < 4.78 is 12.1. The van der Waals surface area contributed by atoms with Crippen molar-refractivity contribution in [3.8, 4) is 11.5 Å². The highest BCUT2D eigenvalue weighted by molar-refractivity contribution is 5.44. The van der Waals surface area contributed by atoms with Gasteiger partial charge in [0.25, 0.3) is 0 Å². The number of rotatable bonds is 9. The van der Waals surface area contributed by atoms with Crippen LogP contribution in [0.3, 0.4) is 0 Å². The summed E-state index contributed by atoms with van der Waals surface area (Å²) in [7, 11) is 1.82. The smallest absolute Gasteiger partial charge is 0.162 e. The molecule has 3 aromatic carbocycles. The topological polar surface area (TPSA) is 50.7 Å². The number of nitrogens with one attached hydrogen (secondary N) is 1. The van der Waals surface area contributed by atoms with Crippen LogP contribution in [0.25, 0.3) is 0 Å². The third kappa shape index (κ3) is 5.33. The van der Waals surface area contributed by atoms with Crippen LogP contribution in [0.5, 0.6) is 11.5 Å². The zero-order valence-corrected chi connectivity index (χ0v) is 15.5. The van der Waals surface area contributed by atoms with Crippen LogP contribution in [-0.4, -0.2) is 18.8 Å². The molecule has 1 atom stereocenters. The Morgan fingerprint density at radius 3 is 1.85 bits per heavy atom. The third-order valence-corrected chi connectivity index (χ3v) is 4.38. The van der Waals surface area contributed by atoms with Crippen LogP contribution in [0, 0.1) is 0 Å². The summed E-state index contributed by atoms with van der Waals surface area (Å²) in [5, 5.41) is 12.7. The summed E-state index contributed by atoms with van der Waals surface area (Å²) in [4.78, 5) is 0. The maximum atomic E-state index is 9.57. The second-order valence-electron chi connectivity index (χ2n) is 6.28. The van der Waals surface area contributed by atoms with Gasteiger partial charge in [-0.2, -0.15) is 0 Å². The van der Waals surface area contributed by atoms with E-state index in [0.29, 0.717) is 24.7 Å². The Morgan fingerprint density at radius 2 is 1.33 bits per heavy atom. The monoisotopic (exact) mass is 363 g/mol. The van der Waals surface area contributed by atoms with E-state index in [9.17, 15) is 5.11 Å². The van der Waals surface area contributed by atoms with Gasteiger partial charge < -0.3 is 19.9 Å². The molecule has 3 aromatic rings. The van der Waals surface area contributed by atoms with Crippen molar-refractivity contribution in [3.05, 3.63) is 95.6 Å². The lowest BCUT2D eigenvalue weighted by Crippen LogP contribution is -2.20. The van der Waals surface area contributed by atoms with Gasteiger partial charge in [-0.25, -0.2) is 0 Å². The fraction of sp³-hybridized carbons (Fsp3) is 0.217. The van der Waals surface area contributed by atoms with Crippen LogP contribution in [0.15, 0.2) is 78.9 Å². The van der Waals surface area contributed by atoms with E-state index in [1.165, 1.54) is 0 Å². The summed E-state index contributed by atoms with van der Waals surface area (Å²) in [6.45, 7) is 0.936. The molecule has 0 bridgehead atoms. The lowest BCUT2D eigenvalue weighted by Gasteiger charge is -2.18. The molecular formula is C23H25NO3. The summed E-state index contributed by atoms with van der Waals surface area (Å²) in [5.41, 5.74) is 3.14. The molecule has 2 N–H and O–H groups in total. The maximum Gasteiger partial charge on any atom is 0.162 e. The van der Waals surface area contributed by atoms with Gasteiger partial charge in [0.1, 0.15) is 13.2 Å². The maximum absolute atomic E-state index is 9.57. The van der Waals surface area contributed by atoms with Crippen molar-refractivity contribution in [2.45, 2.75) is 19.3 Å². The number of hydrogen-bond donors (Lipinski definition) is 2. The fourth-order valence-corrected chi connectivity index (χ4v) is 2.81. The molecule has 0 aliphatic carbocycles. The second-order valence-corrected chi connectivity index (χ2v) is 6.28. The van der Waals surface area contributed by atoms with Crippen molar-refractivity contribution < 1.29 is 14.6 Å². The number of ether oxygens (including phenoxy) is 2. The van der Waals surface area contributed by atoms with E-state index in [0.717, 1.165) is 16.7 Å². The van der Waals surface area contributed by atoms with E-state index in [1.54, 1.807) is 0 Å². The van der Waals surface area contributed by atoms with Gasteiger partial charge >= 0.3 is 0 Å². The molecule has 0 saturated carbocycles. The van der Waals surface area contributed by atoms with Crippen LogP contribution >= 0.6 is 0 Å². The quantitative estimate of drug-likeness (QED) is 0.601. The Kier molecular flexibility index (Phi) is 6.85. The van der Waals surface area contributed by atoms with E-state index in [-0.39, 0.29) is 12.6 Å². The molecule has 4 heteroatoms. The van der Waals surface area contributed by atoms with Crippen LogP contribution in [0.4, 0.5) is 0 Å². The van der Waals surface area contributed by atoms with Crippen molar-refractivity contribution >= 4 is 0 Å². The lowest BCUT2D eigenvalue weighted by atomic mass is 10.1. The van der Waals surface area contributed by atoms with E-state index >= 15 is 0 Å². The van der Waals surface area contributed by atoms with Crippen molar-refractivity contribution in [3.63, 3.8) is 0 Å². The molecule has 0 spiro atoms. The molecule has 0 amide bonds. The Balaban J connectivity index is 1.79. The van der Waals surface area contributed by atoms with E-state index in [2.05, 4.69) is 5.32 Å². The standard InChI is InChI=1S/C23H25NO3/c1-24-21(15-25)20-12-13-22(26-16-18-8-4-2-5-9-18)23(14-20)27-17-19-10-6-3-7-11-19/h2-14,21,24-25H,15-17H2,1H3/t21-/m0/s1. The lowest BCUT2D eigenvalue weighted by molar-refractivity contribution is 0.245. The summed E-state index contributed by atoms with van der Waals surface area (Å²) >= 11 is 0. The zero-order chi connectivity index (χ0) is 18.9. The van der Waals surface area contributed by atoms with Crippen LogP contribution in [-0.2, 0) is 13.2 Å². The van der Waals surface area contributed by atoms with Gasteiger partial charge in [-0.1, -0.05) is 66.7 Å². The predicted octanol–water partition coefficient (Wildman–Crippen LogP) is 4.10. The fourth-order valence-electron chi connectivity index (χ4n) is 2.81. The van der Waals surface area contributed by atoms with E-state index < -0.39 is 0 Å². The molecule has 0 heterocycles. The number of benzene rings is 3. The zero-order valence-electron chi connectivity index (χ0n) is 15.5. The first kappa shape index (κ1) is 19.0. The Morgan fingerprint density at radius 1 is 0.778 bits per heavy atom. The molecular weight excluding hydrogens is 338 g/mol. The summed E-state index contributed by atoms with van der Waals surface area (Å²) in [6, 6.07) is 25.7. The van der Waals surface area contributed by atoms with Crippen LogP contribution in [0.1, 0.15) is 22.7 Å². The minimum absolute atomic E-state index is 0.0127. The minimum Gasteiger partial charge on any atom is -0.485 e. The summed E-state index contributed by atoms with van der Waals surface area (Å²) in [6.07, 6.45) is 0. The highest BCUT2D eigenvalue weighted by Gasteiger charge is 2.13. The molecule has 4 nitrogen and oxygen atoms in total. The molecule has 0 unspecified atom stereocenters. The van der Waals surface area contributed by atoms with Gasteiger partial charge in [0.05, 0.1) is 12.6 Å².